The minimum Gasteiger partial charge on any atom is -0.378 e. The number of amides is 2. The van der Waals surface area contributed by atoms with Crippen LogP contribution in [0.2, 0.25) is 0 Å². The van der Waals surface area contributed by atoms with Gasteiger partial charge >= 0.3 is 0 Å². The maximum absolute atomic E-state index is 12.2. The number of aliphatic hydroxyl groups excluding tert-OH is 1. The molecule has 1 unspecified atom stereocenters. The Bertz CT molecular complexity index is 699. The van der Waals surface area contributed by atoms with Crippen LogP contribution in [0.3, 0.4) is 0 Å². The summed E-state index contributed by atoms with van der Waals surface area (Å²) in [7, 11) is 0. The Kier molecular flexibility index (Phi) is 5.49. The summed E-state index contributed by atoms with van der Waals surface area (Å²) in [5.74, 6) is -0.737. The smallest absolute Gasteiger partial charge is 0.257 e. The molecule has 0 saturated carbocycles. The first-order valence-electron chi connectivity index (χ1n) is 7.45. The average Bonchev–Trinajstić information content (AvgIpc) is 2.57. The van der Waals surface area contributed by atoms with Crippen molar-refractivity contribution in [2.24, 2.45) is 0 Å². The normalized spacial score (nSPS) is 11.6. The van der Waals surface area contributed by atoms with Crippen molar-refractivity contribution < 1.29 is 14.7 Å². The fourth-order valence-corrected chi connectivity index (χ4v) is 2.15. The highest BCUT2D eigenvalue weighted by atomic mass is 16.3. The molecule has 2 amide bonds. The molecule has 0 aliphatic rings. The topological polar surface area (TPSA) is 78.4 Å². The molecule has 0 radical (unpaired) electrons. The Morgan fingerprint density at radius 2 is 1.83 bits per heavy atom. The second-order valence-electron chi connectivity index (χ2n) is 5.19. The van der Waals surface area contributed by atoms with E-state index >= 15 is 0 Å². The van der Waals surface area contributed by atoms with Crippen LogP contribution in [0, 0.1) is 6.92 Å². The molecular formula is C18H20N2O3. The predicted octanol–water partition coefficient (Wildman–Crippen LogP) is 2.42. The molecule has 5 heteroatoms. The van der Waals surface area contributed by atoms with Gasteiger partial charge in [0.2, 0.25) is 0 Å². The van der Waals surface area contributed by atoms with Crippen molar-refractivity contribution in [3.8, 4) is 0 Å². The first-order valence-corrected chi connectivity index (χ1v) is 7.45. The van der Waals surface area contributed by atoms with Crippen LogP contribution in [-0.2, 0) is 4.79 Å². The van der Waals surface area contributed by atoms with Crippen molar-refractivity contribution in [3.63, 3.8) is 0 Å². The van der Waals surface area contributed by atoms with Crippen LogP contribution in [0.25, 0.3) is 0 Å². The van der Waals surface area contributed by atoms with Crippen LogP contribution in [0.4, 0.5) is 5.69 Å². The number of hydrogen-bond donors (Lipinski definition) is 3. The highest BCUT2D eigenvalue weighted by Crippen LogP contribution is 2.20. The van der Waals surface area contributed by atoms with Crippen molar-refractivity contribution >= 4 is 17.5 Å². The maximum Gasteiger partial charge on any atom is 0.257 e. The van der Waals surface area contributed by atoms with Crippen LogP contribution < -0.4 is 10.6 Å². The molecule has 0 aliphatic carbocycles. The van der Waals surface area contributed by atoms with Crippen molar-refractivity contribution in [3.05, 3.63) is 65.2 Å². The summed E-state index contributed by atoms with van der Waals surface area (Å²) in [5.41, 5.74) is 2.30. The zero-order chi connectivity index (χ0) is 16.8. The highest BCUT2D eigenvalue weighted by Gasteiger charge is 2.18. The van der Waals surface area contributed by atoms with Gasteiger partial charge in [-0.1, -0.05) is 36.4 Å². The molecule has 0 saturated heterocycles. The summed E-state index contributed by atoms with van der Waals surface area (Å²) in [6.07, 6.45) is -1.26. The SMILES string of the molecule is CCNC(=O)c1ccc(C)c(NC(=O)C(O)c2ccccc2)c1. The predicted molar refractivity (Wildman–Crippen MR) is 89.2 cm³/mol. The summed E-state index contributed by atoms with van der Waals surface area (Å²) < 4.78 is 0. The van der Waals surface area contributed by atoms with Crippen molar-refractivity contribution in [2.75, 3.05) is 11.9 Å². The molecule has 0 aromatic heterocycles. The number of nitrogens with one attached hydrogen (secondary N) is 2. The molecule has 23 heavy (non-hydrogen) atoms. The molecular weight excluding hydrogens is 292 g/mol. The molecule has 0 spiro atoms. The fraction of sp³-hybridized carbons (Fsp3) is 0.222. The number of benzene rings is 2. The fourth-order valence-electron chi connectivity index (χ4n) is 2.15. The monoisotopic (exact) mass is 312 g/mol. The van der Waals surface area contributed by atoms with E-state index in [2.05, 4.69) is 10.6 Å². The van der Waals surface area contributed by atoms with E-state index in [9.17, 15) is 14.7 Å². The summed E-state index contributed by atoms with van der Waals surface area (Å²) in [6.45, 7) is 4.19. The van der Waals surface area contributed by atoms with Gasteiger partial charge in [-0.2, -0.15) is 0 Å². The van der Waals surface area contributed by atoms with E-state index in [1.54, 1.807) is 42.5 Å². The van der Waals surface area contributed by atoms with E-state index in [1.807, 2.05) is 19.9 Å². The third-order valence-corrected chi connectivity index (χ3v) is 3.46. The summed E-state index contributed by atoms with van der Waals surface area (Å²) in [5, 5.41) is 15.5. The van der Waals surface area contributed by atoms with Crippen LogP contribution in [0.15, 0.2) is 48.5 Å². The number of hydrogen-bond acceptors (Lipinski definition) is 3. The summed E-state index contributed by atoms with van der Waals surface area (Å²) >= 11 is 0. The quantitative estimate of drug-likeness (QED) is 0.793. The van der Waals surface area contributed by atoms with Gasteiger partial charge in [0.05, 0.1) is 0 Å². The van der Waals surface area contributed by atoms with Gasteiger partial charge in [0.1, 0.15) is 0 Å². The van der Waals surface area contributed by atoms with Crippen LogP contribution in [0.1, 0.15) is 34.5 Å². The third kappa shape index (κ3) is 4.17. The minimum atomic E-state index is -1.26. The summed E-state index contributed by atoms with van der Waals surface area (Å²) in [6, 6.07) is 13.8. The second kappa shape index (κ2) is 7.56. The molecule has 120 valence electrons. The lowest BCUT2D eigenvalue weighted by atomic mass is 10.1. The largest absolute Gasteiger partial charge is 0.378 e. The van der Waals surface area contributed by atoms with E-state index in [0.717, 1.165) is 5.56 Å². The van der Waals surface area contributed by atoms with Gasteiger partial charge in [-0.3, -0.25) is 9.59 Å². The van der Waals surface area contributed by atoms with Crippen molar-refractivity contribution in [2.45, 2.75) is 20.0 Å². The number of anilines is 1. The number of carbonyl (C=O) groups is 2. The Morgan fingerprint density at radius 3 is 2.48 bits per heavy atom. The van der Waals surface area contributed by atoms with Gasteiger partial charge in [-0.05, 0) is 37.1 Å². The van der Waals surface area contributed by atoms with Gasteiger partial charge in [-0.15, -0.1) is 0 Å². The first-order chi connectivity index (χ1) is 11.0. The minimum absolute atomic E-state index is 0.202. The molecule has 5 nitrogen and oxygen atoms in total. The van der Waals surface area contributed by atoms with E-state index in [1.165, 1.54) is 0 Å². The molecule has 0 fully saturated rings. The number of aryl methyl sites for hydroxylation is 1. The molecule has 2 rings (SSSR count). The number of rotatable bonds is 5. The van der Waals surface area contributed by atoms with Gasteiger partial charge in [0.25, 0.3) is 11.8 Å². The Hall–Kier alpha value is -2.66. The lowest BCUT2D eigenvalue weighted by Crippen LogP contribution is -2.24. The molecule has 0 bridgehead atoms. The standard InChI is InChI=1S/C18H20N2O3/c1-3-19-17(22)14-10-9-12(2)15(11-14)20-18(23)16(21)13-7-5-4-6-8-13/h4-11,16,21H,3H2,1-2H3,(H,19,22)(H,20,23). The number of carbonyl (C=O) groups excluding carboxylic acids is 2. The lowest BCUT2D eigenvalue weighted by molar-refractivity contribution is -0.124. The molecule has 0 aliphatic heterocycles. The zero-order valence-electron chi connectivity index (χ0n) is 13.2. The lowest BCUT2D eigenvalue weighted by Gasteiger charge is -2.14. The second-order valence-corrected chi connectivity index (χ2v) is 5.19. The van der Waals surface area contributed by atoms with E-state index in [-0.39, 0.29) is 5.91 Å². The van der Waals surface area contributed by atoms with Crippen LogP contribution in [-0.4, -0.2) is 23.5 Å². The molecule has 2 aromatic rings. The van der Waals surface area contributed by atoms with E-state index in [0.29, 0.717) is 23.4 Å². The first kappa shape index (κ1) is 16.7. The molecule has 0 heterocycles. The van der Waals surface area contributed by atoms with Gasteiger partial charge in [-0.25, -0.2) is 0 Å². The van der Waals surface area contributed by atoms with Crippen LogP contribution >= 0.6 is 0 Å². The maximum atomic E-state index is 12.2. The van der Waals surface area contributed by atoms with Gasteiger partial charge < -0.3 is 15.7 Å². The summed E-state index contributed by atoms with van der Waals surface area (Å²) in [4.78, 5) is 24.1. The van der Waals surface area contributed by atoms with Crippen LogP contribution in [0.5, 0.6) is 0 Å². The average molecular weight is 312 g/mol. The van der Waals surface area contributed by atoms with E-state index in [4.69, 9.17) is 0 Å². The Balaban J connectivity index is 2.17. The van der Waals surface area contributed by atoms with E-state index < -0.39 is 12.0 Å². The molecule has 3 N–H and O–H groups in total. The Morgan fingerprint density at radius 1 is 1.13 bits per heavy atom. The molecule has 1 atom stereocenters. The zero-order valence-corrected chi connectivity index (χ0v) is 13.2. The highest BCUT2D eigenvalue weighted by molar-refractivity contribution is 5.99. The number of aliphatic hydroxyl groups is 1. The van der Waals surface area contributed by atoms with Crippen molar-refractivity contribution in [1.82, 2.24) is 5.32 Å². The molecule has 2 aromatic carbocycles. The Labute approximate surface area is 135 Å². The van der Waals surface area contributed by atoms with Gasteiger partial charge in [0.15, 0.2) is 6.10 Å². The van der Waals surface area contributed by atoms with Crippen molar-refractivity contribution in [1.29, 1.82) is 0 Å². The third-order valence-electron chi connectivity index (χ3n) is 3.46. The van der Waals surface area contributed by atoms with Gasteiger partial charge in [0, 0.05) is 17.8 Å².